The molecule has 0 radical (unpaired) electrons. The molecule has 0 saturated carbocycles. The highest BCUT2D eigenvalue weighted by atomic mass is 79.9. The van der Waals surface area contributed by atoms with Gasteiger partial charge in [-0.3, -0.25) is 0 Å². The average molecular weight is 338 g/mol. The lowest BCUT2D eigenvalue weighted by molar-refractivity contribution is -0.137. The number of halogens is 4. The van der Waals surface area contributed by atoms with Gasteiger partial charge in [0.25, 0.3) is 0 Å². The molecule has 1 heterocycles. The number of benzene rings is 1. The minimum absolute atomic E-state index is 0.368. The maximum absolute atomic E-state index is 12.6. The summed E-state index contributed by atoms with van der Waals surface area (Å²) < 4.78 is 43.4. The van der Waals surface area contributed by atoms with Gasteiger partial charge in [-0.1, -0.05) is 12.1 Å². The smallest absolute Gasteiger partial charge is 0.416 e. The van der Waals surface area contributed by atoms with Crippen LogP contribution in [0.1, 0.15) is 5.56 Å². The van der Waals surface area contributed by atoms with Crippen LogP contribution in [-0.4, -0.2) is 12.1 Å². The first-order valence-electron chi connectivity index (χ1n) is 4.80. The SMILES string of the molecule is COc1nc(-c2cccc(C(F)(F)F)c2)sc1Br. The van der Waals surface area contributed by atoms with Gasteiger partial charge < -0.3 is 4.74 Å². The van der Waals surface area contributed by atoms with Crippen molar-refractivity contribution in [3.05, 3.63) is 33.6 Å². The van der Waals surface area contributed by atoms with E-state index < -0.39 is 11.7 Å². The number of thiazole rings is 1. The van der Waals surface area contributed by atoms with Gasteiger partial charge in [0, 0.05) is 5.56 Å². The number of hydrogen-bond acceptors (Lipinski definition) is 3. The maximum Gasteiger partial charge on any atom is 0.416 e. The van der Waals surface area contributed by atoms with Gasteiger partial charge in [0.15, 0.2) is 0 Å². The fourth-order valence-corrected chi connectivity index (χ4v) is 2.84. The third kappa shape index (κ3) is 2.67. The second-order valence-electron chi connectivity index (χ2n) is 3.38. The molecular weight excluding hydrogens is 331 g/mol. The van der Waals surface area contributed by atoms with Crippen LogP contribution in [0.4, 0.5) is 13.2 Å². The largest absolute Gasteiger partial charge is 0.480 e. The maximum atomic E-state index is 12.6. The minimum atomic E-state index is -4.35. The first kappa shape index (κ1) is 13.4. The number of alkyl halides is 3. The first-order valence-corrected chi connectivity index (χ1v) is 6.40. The molecule has 0 aliphatic carbocycles. The van der Waals surface area contributed by atoms with E-state index in [4.69, 9.17) is 4.74 Å². The molecule has 1 aromatic heterocycles. The molecule has 18 heavy (non-hydrogen) atoms. The van der Waals surface area contributed by atoms with Crippen LogP contribution in [0.2, 0.25) is 0 Å². The van der Waals surface area contributed by atoms with Crippen LogP contribution in [0.15, 0.2) is 28.1 Å². The van der Waals surface area contributed by atoms with Crippen LogP contribution in [0.5, 0.6) is 5.88 Å². The van der Waals surface area contributed by atoms with Crippen molar-refractivity contribution in [2.75, 3.05) is 7.11 Å². The molecule has 96 valence electrons. The number of aromatic nitrogens is 1. The third-order valence-corrected chi connectivity index (χ3v) is 3.89. The molecule has 0 unspecified atom stereocenters. The summed E-state index contributed by atoms with van der Waals surface area (Å²) in [6, 6.07) is 5.05. The number of rotatable bonds is 2. The van der Waals surface area contributed by atoms with Gasteiger partial charge in [0.2, 0.25) is 5.88 Å². The second kappa shape index (κ2) is 4.89. The minimum Gasteiger partial charge on any atom is -0.480 e. The Balaban J connectivity index is 2.44. The quantitative estimate of drug-likeness (QED) is 0.798. The van der Waals surface area contributed by atoms with Crippen molar-refractivity contribution in [2.45, 2.75) is 6.18 Å². The summed E-state index contributed by atoms with van der Waals surface area (Å²) in [5.74, 6) is 0.368. The summed E-state index contributed by atoms with van der Waals surface area (Å²) in [5, 5.41) is 0.477. The highest BCUT2D eigenvalue weighted by molar-refractivity contribution is 9.11. The molecule has 2 rings (SSSR count). The number of nitrogens with zero attached hydrogens (tertiary/aromatic N) is 1. The van der Waals surface area contributed by atoms with Crippen LogP contribution in [0.3, 0.4) is 0 Å². The topological polar surface area (TPSA) is 22.1 Å². The van der Waals surface area contributed by atoms with E-state index in [2.05, 4.69) is 20.9 Å². The van der Waals surface area contributed by atoms with E-state index >= 15 is 0 Å². The lowest BCUT2D eigenvalue weighted by Crippen LogP contribution is -2.04. The lowest BCUT2D eigenvalue weighted by Gasteiger charge is -2.07. The van der Waals surface area contributed by atoms with Gasteiger partial charge in [-0.05, 0) is 28.1 Å². The van der Waals surface area contributed by atoms with Crippen molar-refractivity contribution in [3.63, 3.8) is 0 Å². The first-order chi connectivity index (χ1) is 8.41. The van der Waals surface area contributed by atoms with E-state index in [1.165, 1.54) is 24.5 Å². The second-order valence-corrected chi connectivity index (χ2v) is 5.70. The summed E-state index contributed by atoms with van der Waals surface area (Å²) in [4.78, 5) is 4.10. The van der Waals surface area contributed by atoms with E-state index in [0.29, 0.717) is 20.2 Å². The summed E-state index contributed by atoms with van der Waals surface area (Å²) in [6.45, 7) is 0. The van der Waals surface area contributed by atoms with Crippen molar-refractivity contribution < 1.29 is 17.9 Å². The Kier molecular flexibility index (Phi) is 3.63. The fourth-order valence-electron chi connectivity index (χ4n) is 1.37. The Morgan fingerprint density at radius 3 is 2.61 bits per heavy atom. The van der Waals surface area contributed by atoms with Crippen LogP contribution >= 0.6 is 27.3 Å². The summed E-state index contributed by atoms with van der Waals surface area (Å²) in [7, 11) is 1.45. The Bertz CT molecular complexity index is 568. The molecule has 2 aromatic rings. The number of methoxy groups -OCH3 is 1. The van der Waals surface area contributed by atoms with E-state index in [1.54, 1.807) is 6.07 Å². The standard InChI is InChI=1S/C11H7BrF3NOS/c1-17-9-8(12)18-10(16-9)6-3-2-4-7(5-6)11(13,14)15/h2-5H,1H3. The van der Waals surface area contributed by atoms with Crippen LogP contribution < -0.4 is 4.74 Å². The summed E-state index contributed by atoms with van der Waals surface area (Å²) in [5.41, 5.74) is -0.274. The Hall–Kier alpha value is -1.08. The highest BCUT2D eigenvalue weighted by Gasteiger charge is 2.30. The van der Waals surface area contributed by atoms with Crippen molar-refractivity contribution in [3.8, 4) is 16.5 Å². The van der Waals surface area contributed by atoms with Crippen molar-refractivity contribution in [2.24, 2.45) is 0 Å². The van der Waals surface area contributed by atoms with Gasteiger partial charge in [-0.2, -0.15) is 13.2 Å². The predicted octanol–water partition coefficient (Wildman–Crippen LogP) is 4.60. The molecule has 0 amide bonds. The van der Waals surface area contributed by atoms with Crippen molar-refractivity contribution in [1.29, 1.82) is 0 Å². The monoisotopic (exact) mass is 337 g/mol. The predicted molar refractivity (Wildman–Crippen MR) is 66.8 cm³/mol. The Morgan fingerprint density at radius 2 is 2.06 bits per heavy atom. The van der Waals surface area contributed by atoms with Gasteiger partial charge in [0.05, 0.1) is 12.7 Å². The normalized spacial score (nSPS) is 11.6. The highest BCUT2D eigenvalue weighted by Crippen LogP contribution is 2.38. The number of ether oxygens (including phenoxy) is 1. The molecule has 0 aliphatic rings. The van der Waals surface area contributed by atoms with Crippen LogP contribution in [0.25, 0.3) is 10.6 Å². The molecule has 0 fully saturated rings. The van der Waals surface area contributed by atoms with Gasteiger partial charge >= 0.3 is 6.18 Å². The zero-order chi connectivity index (χ0) is 13.3. The van der Waals surface area contributed by atoms with Crippen molar-refractivity contribution in [1.82, 2.24) is 4.98 Å². The molecule has 1 aromatic carbocycles. The van der Waals surface area contributed by atoms with Gasteiger partial charge in [-0.25, -0.2) is 4.98 Å². The lowest BCUT2D eigenvalue weighted by atomic mass is 10.1. The van der Waals surface area contributed by atoms with E-state index in [-0.39, 0.29) is 0 Å². The zero-order valence-corrected chi connectivity index (χ0v) is 11.5. The molecule has 7 heteroatoms. The third-order valence-electron chi connectivity index (χ3n) is 2.19. The van der Waals surface area contributed by atoms with Crippen LogP contribution in [0, 0.1) is 0 Å². The van der Waals surface area contributed by atoms with E-state index in [9.17, 15) is 13.2 Å². The molecule has 0 spiro atoms. The molecule has 0 N–H and O–H groups in total. The molecule has 0 saturated heterocycles. The summed E-state index contributed by atoms with van der Waals surface area (Å²) >= 11 is 4.47. The molecule has 0 aliphatic heterocycles. The van der Waals surface area contributed by atoms with Crippen molar-refractivity contribution >= 4 is 27.3 Å². The average Bonchev–Trinajstić information content (AvgIpc) is 2.70. The molecule has 2 nitrogen and oxygen atoms in total. The zero-order valence-electron chi connectivity index (χ0n) is 9.08. The molecule has 0 bridgehead atoms. The molecular formula is C11H7BrF3NOS. The summed E-state index contributed by atoms with van der Waals surface area (Å²) in [6.07, 6.45) is -4.35. The van der Waals surface area contributed by atoms with Gasteiger partial charge in [-0.15, -0.1) is 11.3 Å². The number of hydrogen-bond donors (Lipinski definition) is 0. The van der Waals surface area contributed by atoms with Crippen LogP contribution in [-0.2, 0) is 6.18 Å². The fraction of sp³-hybridized carbons (Fsp3) is 0.182. The Morgan fingerprint density at radius 1 is 1.33 bits per heavy atom. The van der Waals surface area contributed by atoms with Gasteiger partial charge in [0.1, 0.15) is 8.79 Å². The Labute approximate surface area is 114 Å². The van der Waals surface area contributed by atoms with E-state index in [0.717, 1.165) is 12.1 Å². The van der Waals surface area contributed by atoms with E-state index in [1.807, 2.05) is 0 Å². The molecule has 0 atom stereocenters.